The van der Waals surface area contributed by atoms with Crippen LogP contribution in [0.1, 0.15) is 12.8 Å². The summed E-state index contributed by atoms with van der Waals surface area (Å²) in [7, 11) is 3.69. The molecule has 1 aromatic heterocycles. The van der Waals surface area contributed by atoms with Crippen LogP contribution in [0.2, 0.25) is 0 Å². The first-order valence-corrected chi connectivity index (χ1v) is 6.36. The highest BCUT2D eigenvalue weighted by Gasteiger charge is 2.28. The summed E-state index contributed by atoms with van der Waals surface area (Å²) < 4.78 is 1.56. The predicted molar refractivity (Wildman–Crippen MR) is 68.2 cm³/mol. The molecule has 16 heavy (non-hydrogen) atoms. The molecule has 0 saturated heterocycles. The summed E-state index contributed by atoms with van der Waals surface area (Å²) in [5, 5.41) is 0. The molecule has 2 rings (SSSR count). The molecule has 1 aromatic rings. The average Bonchev–Trinajstić information content (AvgIpc) is 2.19. The fraction of sp³-hybridized carbons (Fsp3) is 0.636. The van der Waals surface area contributed by atoms with E-state index in [4.69, 9.17) is 0 Å². The van der Waals surface area contributed by atoms with Gasteiger partial charge in [-0.15, -0.1) is 0 Å². The van der Waals surface area contributed by atoms with Crippen molar-refractivity contribution < 1.29 is 0 Å². The maximum Gasteiger partial charge on any atom is 0.293 e. The van der Waals surface area contributed by atoms with Gasteiger partial charge >= 0.3 is 0 Å². The molecule has 5 heteroatoms. The molecule has 1 aliphatic carbocycles. The number of hydrogen-bond acceptors (Lipinski definition) is 3. The summed E-state index contributed by atoms with van der Waals surface area (Å²) in [4.78, 5) is 18.6. The lowest BCUT2D eigenvalue weighted by Gasteiger charge is -2.34. The highest BCUT2D eigenvalue weighted by molar-refractivity contribution is 9.09. The highest BCUT2D eigenvalue weighted by atomic mass is 79.9. The lowest BCUT2D eigenvalue weighted by atomic mass is 9.85. The highest BCUT2D eigenvalue weighted by Crippen LogP contribution is 2.33. The van der Waals surface area contributed by atoms with Crippen LogP contribution >= 0.6 is 15.9 Å². The van der Waals surface area contributed by atoms with Gasteiger partial charge in [-0.2, -0.15) is 0 Å². The second kappa shape index (κ2) is 4.57. The maximum atomic E-state index is 11.8. The standard InChI is InChI=1S/C11H16BrN3O/c1-14-4-3-13-10(11(14)16)15(2)7-8-5-9(12)6-8/h3-4,8-9H,5-7H2,1-2H3. The van der Waals surface area contributed by atoms with Crippen LogP contribution in [0.5, 0.6) is 0 Å². The molecule has 1 fully saturated rings. The molecule has 0 spiro atoms. The van der Waals surface area contributed by atoms with Crippen molar-refractivity contribution in [2.24, 2.45) is 13.0 Å². The Hall–Kier alpha value is -0.840. The summed E-state index contributed by atoms with van der Waals surface area (Å²) in [6.45, 7) is 0.911. The second-order valence-corrected chi connectivity index (χ2v) is 5.78. The Morgan fingerprint density at radius 1 is 1.62 bits per heavy atom. The Morgan fingerprint density at radius 3 is 2.94 bits per heavy atom. The van der Waals surface area contributed by atoms with E-state index in [-0.39, 0.29) is 5.56 Å². The van der Waals surface area contributed by atoms with E-state index in [0.29, 0.717) is 16.6 Å². The van der Waals surface area contributed by atoms with Crippen LogP contribution in [-0.2, 0) is 7.05 Å². The Labute approximate surface area is 103 Å². The molecular formula is C11H16BrN3O. The number of aryl methyl sites for hydroxylation is 1. The molecule has 0 radical (unpaired) electrons. The largest absolute Gasteiger partial charge is 0.355 e. The van der Waals surface area contributed by atoms with Crippen LogP contribution in [0.25, 0.3) is 0 Å². The topological polar surface area (TPSA) is 38.1 Å². The van der Waals surface area contributed by atoms with Crippen LogP contribution < -0.4 is 10.5 Å². The lowest BCUT2D eigenvalue weighted by Crippen LogP contribution is -2.38. The minimum Gasteiger partial charge on any atom is -0.355 e. The third-order valence-electron chi connectivity index (χ3n) is 3.07. The van der Waals surface area contributed by atoms with E-state index in [1.165, 1.54) is 12.8 Å². The molecule has 0 N–H and O–H groups in total. The zero-order chi connectivity index (χ0) is 11.7. The Kier molecular flexibility index (Phi) is 3.33. The lowest BCUT2D eigenvalue weighted by molar-refractivity contribution is 0.338. The van der Waals surface area contributed by atoms with Gasteiger partial charge in [0.2, 0.25) is 0 Å². The first kappa shape index (κ1) is 11.6. The molecule has 1 saturated carbocycles. The zero-order valence-corrected chi connectivity index (χ0v) is 11.1. The van der Waals surface area contributed by atoms with Crippen LogP contribution in [0.3, 0.4) is 0 Å². The van der Waals surface area contributed by atoms with Crippen LogP contribution in [0.15, 0.2) is 17.2 Å². The summed E-state index contributed by atoms with van der Waals surface area (Å²) in [5.41, 5.74) is -0.0280. The zero-order valence-electron chi connectivity index (χ0n) is 9.56. The number of rotatable bonds is 3. The van der Waals surface area contributed by atoms with Gasteiger partial charge in [0.1, 0.15) is 0 Å². The monoisotopic (exact) mass is 285 g/mol. The van der Waals surface area contributed by atoms with Crippen molar-refractivity contribution in [2.45, 2.75) is 17.7 Å². The number of hydrogen-bond donors (Lipinski definition) is 0. The first-order chi connectivity index (χ1) is 7.58. The molecule has 1 aliphatic rings. The van der Waals surface area contributed by atoms with Gasteiger partial charge in [-0.25, -0.2) is 4.98 Å². The number of halogens is 1. The van der Waals surface area contributed by atoms with Crippen molar-refractivity contribution in [2.75, 3.05) is 18.5 Å². The minimum absolute atomic E-state index is 0.0280. The molecule has 0 atom stereocenters. The van der Waals surface area contributed by atoms with Crippen molar-refractivity contribution in [3.05, 3.63) is 22.7 Å². The van der Waals surface area contributed by atoms with E-state index < -0.39 is 0 Å². The normalized spacial score (nSPS) is 23.9. The van der Waals surface area contributed by atoms with E-state index in [1.54, 1.807) is 24.0 Å². The fourth-order valence-electron chi connectivity index (χ4n) is 2.02. The maximum absolute atomic E-state index is 11.8. The SMILES string of the molecule is CN(CC1CC(Br)C1)c1nccn(C)c1=O. The summed E-state index contributed by atoms with van der Waals surface area (Å²) in [5.74, 6) is 1.23. The number of anilines is 1. The Bertz CT molecular complexity index is 425. The Balaban J connectivity index is 2.06. The minimum atomic E-state index is -0.0280. The third kappa shape index (κ3) is 2.29. The summed E-state index contributed by atoms with van der Waals surface area (Å²) in [6, 6.07) is 0. The van der Waals surface area contributed by atoms with Crippen molar-refractivity contribution in [1.82, 2.24) is 9.55 Å². The van der Waals surface area contributed by atoms with Gasteiger partial charge in [0.05, 0.1) is 0 Å². The average molecular weight is 286 g/mol. The fourth-order valence-corrected chi connectivity index (χ4v) is 3.08. The molecule has 0 bridgehead atoms. The van der Waals surface area contributed by atoms with Crippen molar-refractivity contribution in [3.63, 3.8) is 0 Å². The van der Waals surface area contributed by atoms with Crippen LogP contribution in [0, 0.1) is 5.92 Å². The van der Waals surface area contributed by atoms with Gasteiger partial charge < -0.3 is 9.47 Å². The Morgan fingerprint density at radius 2 is 2.31 bits per heavy atom. The van der Waals surface area contributed by atoms with E-state index in [1.807, 2.05) is 11.9 Å². The van der Waals surface area contributed by atoms with Gasteiger partial charge in [-0.3, -0.25) is 4.79 Å². The number of aromatic nitrogens is 2. The van der Waals surface area contributed by atoms with Crippen LogP contribution in [-0.4, -0.2) is 28.0 Å². The van der Waals surface area contributed by atoms with E-state index in [0.717, 1.165) is 6.54 Å². The molecule has 0 aromatic carbocycles. The summed E-state index contributed by atoms with van der Waals surface area (Å²) in [6.07, 6.45) is 5.73. The molecule has 4 nitrogen and oxygen atoms in total. The molecule has 0 unspecified atom stereocenters. The number of alkyl halides is 1. The molecule has 1 heterocycles. The van der Waals surface area contributed by atoms with Gasteiger partial charge in [0, 0.05) is 37.9 Å². The van der Waals surface area contributed by atoms with Gasteiger partial charge in [-0.1, -0.05) is 15.9 Å². The molecule has 0 aliphatic heterocycles. The quantitative estimate of drug-likeness (QED) is 0.788. The smallest absolute Gasteiger partial charge is 0.293 e. The van der Waals surface area contributed by atoms with E-state index >= 15 is 0 Å². The second-order valence-electron chi connectivity index (χ2n) is 4.48. The van der Waals surface area contributed by atoms with Crippen molar-refractivity contribution in [3.8, 4) is 0 Å². The van der Waals surface area contributed by atoms with Gasteiger partial charge in [0.25, 0.3) is 5.56 Å². The third-order valence-corrected chi connectivity index (χ3v) is 3.82. The molecular weight excluding hydrogens is 270 g/mol. The van der Waals surface area contributed by atoms with Crippen molar-refractivity contribution >= 4 is 21.7 Å². The van der Waals surface area contributed by atoms with Gasteiger partial charge in [-0.05, 0) is 18.8 Å². The molecule has 88 valence electrons. The van der Waals surface area contributed by atoms with E-state index in [2.05, 4.69) is 20.9 Å². The first-order valence-electron chi connectivity index (χ1n) is 5.44. The van der Waals surface area contributed by atoms with Gasteiger partial charge in [0.15, 0.2) is 5.82 Å². The van der Waals surface area contributed by atoms with Crippen LogP contribution in [0.4, 0.5) is 5.82 Å². The van der Waals surface area contributed by atoms with Crippen molar-refractivity contribution in [1.29, 1.82) is 0 Å². The molecule has 0 amide bonds. The predicted octanol–water partition coefficient (Wildman–Crippen LogP) is 1.39. The van der Waals surface area contributed by atoms with E-state index in [9.17, 15) is 4.79 Å². The summed E-state index contributed by atoms with van der Waals surface area (Å²) >= 11 is 3.57. The number of nitrogens with zero attached hydrogens (tertiary/aromatic N) is 3.